The van der Waals surface area contributed by atoms with Gasteiger partial charge in [-0.1, -0.05) is 48.8 Å². The lowest BCUT2D eigenvalue weighted by molar-refractivity contribution is 0.909. The van der Waals surface area contributed by atoms with Gasteiger partial charge in [-0.2, -0.15) is 0 Å². The first kappa shape index (κ1) is 14.6. The molecule has 0 spiro atoms. The van der Waals surface area contributed by atoms with Crippen LogP contribution in [0, 0.1) is 0 Å². The second-order valence-corrected chi connectivity index (χ2v) is 6.92. The summed E-state index contributed by atoms with van der Waals surface area (Å²) in [5.74, 6) is 0. The fraction of sp³-hybridized carbons (Fsp3) is 0.294. The number of hydrogen-bond donors (Lipinski definition) is 1. The standard InChI is InChI=1S/C17H19ClN2S/c1-4-7-11-16-15(10-12(18)17(11)20(2)3)21-14-9-6-5-8-13(14)19-16/h5-6,8-10,19H,4,7H2,1-3H3. The summed E-state index contributed by atoms with van der Waals surface area (Å²) in [4.78, 5) is 4.58. The van der Waals surface area contributed by atoms with Crippen LogP contribution in [0.3, 0.4) is 0 Å². The van der Waals surface area contributed by atoms with Crippen molar-refractivity contribution in [1.29, 1.82) is 0 Å². The van der Waals surface area contributed by atoms with Crippen molar-refractivity contribution in [3.63, 3.8) is 0 Å². The zero-order valence-electron chi connectivity index (χ0n) is 12.5. The van der Waals surface area contributed by atoms with Gasteiger partial charge in [0.15, 0.2) is 0 Å². The fourth-order valence-corrected chi connectivity index (χ4v) is 4.30. The lowest BCUT2D eigenvalue weighted by atomic mass is 10.0. The van der Waals surface area contributed by atoms with Gasteiger partial charge in [-0.25, -0.2) is 0 Å². The molecule has 1 aliphatic rings. The Morgan fingerprint density at radius 1 is 1.19 bits per heavy atom. The molecule has 0 amide bonds. The minimum Gasteiger partial charge on any atom is -0.376 e. The van der Waals surface area contributed by atoms with Crippen molar-refractivity contribution >= 4 is 40.4 Å². The Labute approximate surface area is 135 Å². The zero-order chi connectivity index (χ0) is 15.0. The maximum Gasteiger partial charge on any atom is 0.0655 e. The van der Waals surface area contributed by atoms with E-state index in [0.29, 0.717) is 0 Å². The van der Waals surface area contributed by atoms with Crippen molar-refractivity contribution in [3.8, 4) is 0 Å². The topological polar surface area (TPSA) is 15.3 Å². The minimum absolute atomic E-state index is 0.830. The van der Waals surface area contributed by atoms with Crippen molar-refractivity contribution in [3.05, 3.63) is 40.9 Å². The molecule has 21 heavy (non-hydrogen) atoms. The lowest BCUT2D eigenvalue weighted by Crippen LogP contribution is -2.15. The quantitative estimate of drug-likeness (QED) is 0.680. The van der Waals surface area contributed by atoms with Crippen LogP contribution in [0.1, 0.15) is 18.9 Å². The molecule has 0 radical (unpaired) electrons. The van der Waals surface area contributed by atoms with Crippen LogP contribution >= 0.6 is 23.4 Å². The van der Waals surface area contributed by atoms with Crippen LogP contribution in [0.5, 0.6) is 0 Å². The summed E-state index contributed by atoms with van der Waals surface area (Å²) in [6.45, 7) is 2.21. The molecule has 2 nitrogen and oxygen atoms in total. The van der Waals surface area contributed by atoms with Gasteiger partial charge in [-0.15, -0.1) is 0 Å². The summed E-state index contributed by atoms with van der Waals surface area (Å²) in [5.41, 5.74) is 4.84. The first-order valence-electron chi connectivity index (χ1n) is 7.18. The molecule has 0 fully saturated rings. The third-order valence-electron chi connectivity index (χ3n) is 3.63. The molecule has 1 N–H and O–H groups in total. The van der Waals surface area contributed by atoms with Crippen molar-refractivity contribution in [1.82, 2.24) is 0 Å². The van der Waals surface area contributed by atoms with Crippen molar-refractivity contribution < 1.29 is 0 Å². The highest BCUT2D eigenvalue weighted by Gasteiger charge is 2.23. The Morgan fingerprint density at radius 3 is 2.67 bits per heavy atom. The normalized spacial score (nSPS) is 12.4. The monoisotopic (exact) mass is 318 g/mol. The van der Waals surface area contributed by atoms with Gasteiger partial charge in [0.2, 0.25) is 0 Å². The minimum atomic E-state index is 0.830. The molecule has 4 heteroatoms. The molecule has 0 bridgehead atoms. The third kappa shape index (κ3) is 2.60. The van der Waals surface area contributed by atoms with Gasteiger partial charge in [-0.05, 0) is 24.6 Å². The summed E-state index contributed by atoms with van der Waals surface area (Å²) < 4.78 is 0. The molecule has 2 aromatic rings. The van der Waals surface area contributed by atoms with Gasteiger partial charge in [-0.3, -0.25) is 0 Å². The average Bonchev–Trinajstić information content (AvgIpc) is 2.45. The second kappa shape index (κ2) is 5.82. The van der Waals surface area contributed by atoms with E-state index in [-0.39, 0.29) is 0 Å². The molecule has 1 aliphatic heterocycles. The van der Waals surface area contributed by atoms with E-state index < -0.39 is 0 Å². The summed E-state index contributed by atoms with van der Waals surface area (Å²) in [6, 6.07) is 10.5. The molecular formula is C17H19ClN2S. The number of anilines is 3. The van der Waals surface area contributed by atoms with Crippen LogP contribution < -0.4 is 10.2 Å². The van der Waals surface area contributed by atoms with Gasteiger partial charge in [0, 0.05) is 29.4 Å². The predicted molar refractivity (Wildman–Crippen MR) is 93.6 cm³/mol. The van der Waals surface area contributed by atoms with Gasteiger partial charge in [0.1, 0.15) is 0 Å². The molecule has 0 saturated heterocycles. The first-order valence-corrected chi connectivity index (χ1v) is 8.38. The van der Waals surface area contributed by atoms with Crippen molar-refractivity contribution in [2.75, 3.05) is 24.3 Å². The third-order valence-corrected chi connectivity index (χ3v) is 5.04. The predicted octanol–water partition coefficient (Wildman–Crippen LogP) is 5.57. The maximum atomic E-state index is 6.54. The molecule has 1 heterocycles. The van der Waals surface area contributed by atoms with E-state index in [4.69, 9.17) is 11.6 Å². The number of rotatable bonds is 3. The van der Waals surface area contributed by atoms with Crippen molar-refractivity contribution in [2.24, 2.45) is 0 Å². The highest BCUT2D eigenvalue weighted by molar-refractivity contribution is 7.99. The number of benzene rings is 2. The van der Waals surface area contributed by atoms with E-state index in [9.17, 15) is 0 Å². The molecule has 0 aromatic heterocycles. The van der Waals surface area contributed by atoms with Gasteiger partial charge in [0.05, 0.1) is 22.1 Å². The van der Waals surface area contributed by atoms with E-state index in [0.717, 1.165) is 23.6 Å². The highest BCUT2D eigenvalue weighted by atomic mass is 35.5. The highest BCUT2D eigenvalue weighted by Crippen LogP contribution is 2.49. The lowest BCUT2D eigenvalue weighted by Gasteiger charge is -2.28. The van der Waals surface area contributed by atoms with Crippen molar-refractivity contribution in [2.45, 2.75) is 29.6 Å². The summed E-state index contributed by atoms with van der Waals surface area (Å²) >= 11 is 8.33. The number of para-hydroxylation sites is 1. The second-order valence-electron chi connectivity index (χ2n) is 5.43. The van der Waals surface area contributed by atoms with Crippen LogP contribution in [0.15, 0.2) is 40.1 Å². The molecule has 3 rings (SSSR count). The molecular weight excluding hydrogens is 300 g/mol. The summed E-state index contributed by atoms with van der Waals surface area (Å²) in [7, 11) is 4.10. The van der Waals surface area contributed by atoms with E-state index in [1.54, 1.807) is 11.8 Å². The molecule has 0 unspecified atom stereocenters. The molecule has 2 aromatic carbocycles. The van der Waals surface area contributed by atoms with E-state index >= 15 is 0 Å². The van der Waals surface area contributed by atoms with Crippen LogP contribution in [0.2, 0.25) is 5.02 Å². The summed E-state index contributed by atoms with van der Waals surface area (Å²) in [6.07, 6.45) is 2.12. The van der Waals surface area contributed by atoms with E-state index in [2.05, 4.69) is 61.6 Å². The maximum absolute atomic E-state index is 6.54. The largest absolute Gasteiger partial charge is 0.376 e. The van der Waals surface area contributed by atoms with Gasteiger partial charge < -0.3 is 10.2 Å². The van der Waals surface area contributed by atoms with Crippen LogP contribution in [-0.4, -0.2) is 14.1 Å². The Hall–Kier alpha value is -1.32. The summed E-state index contributed by atoms with van der Waals surface area (Å²) in [5, 5.41) is 4.44. The Bertz CT molecular complexity index is 683. The van der Waals surface area contributed by atoms with Crippen LogP contribution in [0.25, 0.3) is 0 Å². The average molecular weight is 319 g/mol. The SMILES string of the molecule is CCCc1c2c(cc(Cl)c1N(C)C)Sc1ccccc1N2. The Morgan fingerprint density at radius 2 is 1.95 bits per heavy atom. The number of hydrogen-bond acceptors (Lipinski definition) is 3. The number of fused-ring (bicyclic) bond motifs is 2. The van der Waals surface area contributed by atoms with Gasteiger partial charge in [0.25, 0.3) is 0 Å². The number of nitrogens with one attached hydrogen (secondary N) is 1. The Kier molecular flexibility index (Phi) is 4.05. The number of halogens is 1. The fourth-order valence-electron chi connectivity index (χ4n) is 2.77. The van der Waals surface area contributed by atoms with Crippen LogP contribution in [-0.2, 0) is 6.42 Å². The van der Waals surface area contributed by atoms with E-state index in [1.807, 2.05) is 0 Å². The van der Waals surface area contributed by atoms with E-state index in [1.165, 1.54) is 26.7 Å². The smallest absolute Gasteiger partial charge is 0.0655 e. The molecule has 0 atom stereocenters. The zero-order valence-corrected chi connectivity index (χ0v) is 14.1. The molecule has 110 valence electrons. The van der Waals surface area contributed by atoms with Gasteiger partial charge >= 0.3 is 0 Å². The van der Waals surface area contributed by atoms with Crippen LogP contribution in [0.4, 0.5) is 17.1 Å². The first-order chi connectivity index (χ1) is 10.1. The number of nitrogens with zero attached hydrogens (tertiary/aromatic N) is 1. The Balaban J connectivity index is 2.17. The molecule has 0 saturated carbocycles. The molecule has 0 aliphatic carbocycles.